The van der Waals surface area contributed by atoms with Gasteiger partial charge in [-0.2, -0.15) is 5.26 Å². The van der Waals surface area contributed by atoms with Crippen LogP contribution in [0.1, 0.15) is 28.7 Å². The molecule has 3 rings (SSSR count). The molecule has 0 aromatic heterocycles. The highest BCUT2D eigenvalue weighted by atomic mass is 16.5. The van der Waals surface area contributed by atoms with E-state index in [1.165, 1.54) is 16.7 Å². The lowest BCUT2D eigenvalue weighted by Gasteiger charge is -2.25. The van der Waals surface area contributed by atoms with E-state index in [2.05, 4.69) is 61.2 Å². The number of nitriles is 1. The van der Waals surface area contributed by atoms with Gasteiger partial charge in [-0.3, -0.25) is 0 Å². The van der Waals surface area contributed by atoms with Crippen molar-refractivity contribution in [2.45, 2.75) is 33.1 Å². The smallest absolute Gasteiger partial charge is 0.122 e. The van der Waals surface area contributed by atoms with E-state index in [1.54, 1.807) is 0 Å². The Morgan fingerprint density at radius 1 is 1.14 bits per heavy atom. The van der Waals surface area contributed by atoms with Gasteiger partial charge in [0.25, 0.3) is 0 Å². The lowest BCUT2D eigenvalue weighted by molar-refractivity contribution is 0.0591. The van der Waals surface area contributed by atoms with Crippen LogP contribution in [0.5, 0.6) is 5.75 Å². The molecule has 4 nitrogen and oxygen atoms in total. The molecule has 0 bridgehead atoms. The predicted molar refractivity (Wildman–Crippen MR) is 116 cm³/mol. The van der Waals surface area contributed by atoms with Gasteiger partial charge in [0, 0.05) is 31.3 Å². The second-order valence-corrected chi connectivity index (χ2v) is 7.56. The number of hydrogen-bond acceptors (Lipinski definition) is 4. The third-order valence-corrected chi connectivity index (χ3v) is 5.31. The van der Waals surface area contributed by atoms with Crippen molar-refractivity contribution >= 4 is 0 Å². The molecule has 0 atom stereocenters. The fourth-order valence-corrected chi connectivity index (χ4v) is 3.51. The first-order valence-electron chi connectivity index (χ1n) is 10.3. The minimum atomic E-state index is 0.620. The molecule has 1 aliphatic heterocycles. The molecule has 29 heavy (non-hydrogen) atoms. The Balaban J connectivity index is 1.61. The number of nitrogens with zero attached hydrogens (tertiary/aromatic N) is 2. The molecule has 0 saturated carbocycles. The number of morpholine rings is 1. The molecule has 0 radical (unpaired) electrons. The molecule has 1 heterocycles. The van der Waals surface area contributed by atoms with E-state index < -0.39 is 0 Å². The predicted octanol–water partition coefficient (Wildman–Crippen LogP) is 4.60. The zero-order chi connectivity index (χ0) is 20.5. The van der Waals surface area contributed by atoms with Gasteiger partial charge in [-0.15, -0.1) is 0 Å². The summed E-state index contributed by atoms with van der Waals surface area (Å²) in [6.07, 6.45) is 4.60. The van der Waals surface area contributed by atoms with Crippen molar-refractivity contribution in [2.75, 3.05) is 32.9 Å². The van der Waals surface area contributed by atoms with Crippen LogP contribution in [0.4, 0.5) is 0 Å². The van der Waals surface area contributed by atoms with Crippen LogP contribution in [-0.4, -0.2) is 37.8 Å². The number of hydrogen-bond donors (Lipinski definition) is 0. The number of aryl methyl sites for hydroxylation is 2. The van der Waals surface area contributed by atoms with Crippen molar-refractivity contribution in [2.24, 2.45) is 0 Å². The van der Waals surface area contributed by atoms with E-state index in [9.17, 15) is 5.26 Å². The van der Waals surface area contributed by atoms with E-state index in [4.69, 9.17) is 9.47 Å². The van der Waals surface area contributed by atoms with Gasteiger partial charge in [0.1, 0.15) is 5.75 Å². The molecule has 0 amide bonds. The van der Waals surface area contributed by atoms with Gasteiger partial charge >= 0.3 is 0 Å². The summed E-state index contributed by atoms with van der Waals surface area (Å²) in [5, 5.41) is 9.59. The molecule has 2 aromatic rings. The van der Waals surface area contributed by atoms with Crippen molar-refractivity contribution in [3.8, 4) is 11.8 Å². The quantitative estimate of drug-likeness (QED) is 0.488. The van der Waals surface area contributed by atoms with Crippen LogP contribution in [0.25, 0.3) is 0 Å². The second-order valence-electron chi connectivity index (χ2n) is 7.56. The van der Waals surface area contributed by atoms with Crippen LogP contribution < -0.4 is 4.74 Å². The summed E-state index contributed by atoms with van der Waals surface area (Å²) in [5.74, 6) is 0.928. The maximum absolute atomic E-state index is 9.59. The first-order valence-corrected chi connectivity index (χ1v) is 10.3. The Hall–Kier alpha value is -2.77. The second kappa shape index (κ2) is 10.7. The molecule has 1 aliphatic rings. The van der Waals surface area contributed by atoms with Crippen molar-refractivity contribution in [3.05, 3.63) is 76.5 Å². The minimum Gasteiger partial charge on any atom is -0.493 e. The number of ether oxygens (including phenoxy) is 2. The molecule has 1 fully saturated rings. The Kier molecular flexibility index (Phi) is 7.72. The minimum absolute atomic E-state index is 0.620. The first kappa shape index (κ1) is 21.0. The van der Waals surface area contributed by atoms with E-state index in [0.29, 0.717) is 13.0 Å². The van der Waals surface area contributed by atoms with Crippen LogP contribution >= 0.6 is 0 Å². The topological polar surface area (TPSA) is 45.5 Å². The van der Waals surface area contributed by atoms with Crippen LogP contribution in [-0.2, 0) is 17.6 Å². The van der Waals surface area contributed by atoms with E-state index >= 15 is 0 Å². The fraction of sp³-hybridized carbons (Fsp3) is 0.400. The fourth-order valence-electron chi connectivity index (χ4n) is 3.51. The lowest BCUT2D eigenvalue weighted by atomic mass is 10.00. The Labute approximate surface area is 174 Å². The third kappa shape index (κ3) is 6.37. The third-order valence-electron chi connectivity index (χ3n) is 5.31. The molecular weight excluding hydrogens is 360 g/mol. The molecule has 2 aromatic carbocycles. The highest BCUT2D eigenvalue weighted by Gasteiger charge is 2.11. The number of benzene rings is 2. The van der Waals surface area contributed by atoms with Crippen LogP contribution in [0.2, 0.25) is 0 Å². The molecular formula is C25H30N2O2. The van der Waals surface area contributed by atoms with E-state index in [1.807, 2.05) is 12.3 Å². The molecule has 0 N–H and O–H groups in total. The highest BCUT2D eigenvalue weighted by Crippen LogP contribution is 2.25. The summed E-state index contributed by atoms with van der Waals surface area (Å²) in [5.41, 5.74) is 5.59. The lowest BCUT2D eigenvalue weighted by Crippen LogP contribution is -2.32. The number of rotatable bonds is 8. The standard InChI is InChI=1S/C25H30N2O2/c1-20-15-23(16-24(18-26)19-27-10-13-28-14-11-27)17-25(21(20)2)29-12-6-9-22-7-4-3-5-8-22/h3-5,7-8,15,17,19H,6,9-14,16H2,1-2H3. The van der Waals surface area contributed by atoms with Crippen molar-refractivity contribution in [3.63, 3.8) is 0 Å². The van der Waals surface area contributed by atoms with Crippen molar-refractivity contribution in [1.29, 1.82) is 5.26 Å². The maximum atomic E-state index is 9.59. The summed E-state index contributed by atoms with van der Waals surface area (Å²) in [7, 11) is 0. The van der Waals surface area contributed by atoms with E-state index in [-0.39, 0.29) is 0 Å². The largest absolute Gasteiger partial charge is 0.493 e. The molecule has 152 valence electrons. The van der Waals surface area contributed by atoms with Crippen LogP contribution in [0, 0.1) is 25.2 Å². The summed E-state index contributed by atoms with van der Waals surface area (Å²) in [6.45, 7) is 8.02. The van der Waals surface area contributed by atoms with Gasteiger partial charge in [-0.1, -0.05) is 36.4 Å². The monoisotopic (exact) mass is 390 g/mol. The number of allylic oxidation sites excluding steroid dienone is 1. The molecule has 1 saturated heterocycles. The normalized spacial score (nSPS) is 14.5. The molecule has 0 unspecified atom stereocenters. The molecule has 0 spiro atoms. The summed E-state index contributed by atoms with van der Waals surface area (Å²) < 4.78 is 11.5. The van der Waals surface area contributed by atoms with Gasteiger partial charge in [-0.05, 0) is 55.0 Å². The first-order chi connectivity index (χ1) is 14.2. The van der Waals surface area contributed by atoms with Crippen LogP contribution in [0.3, 0.4) is 0 Å². The zero-order valence-electron chi connectivity index (χ0n) is 17.5. The van der Waals surface area contributed by atoms with Gasteiger partial charge in [0.05, 0.1) is 25.9 Å². The van der Waals surface area contributed by atoms with Gasteiger partial charge in [-0.25, -0.2) is 0 Å². The van der Waals surface area contributed by atoms with Gasteiger partial charge < -0.3 is 14.4 Å². The Bertz CT molecular complexity index is 862. The Morgan fingerprint density at radius 2 is 1.90 bits per heavy atom. The highest BCUT2D eigenvalue weighted by molar-refractivity contribution is 5.44. The van der Waals surface area contributed by atoms with Crippen molar-refractivity contribution < 1.29 is 9.47 Å². The summed E-state index contributed by atoms with van der Waals surface area (Å²) >= 11 is 0. The van der Waals surface area contributed by atoms with E-state index in [0.717, 1.165) is 56.0 Å². The molecule has 0 aliphatic carbocycles. The average Bonchev–Trinajstić information content (AvgIpc) is 2.75. The van der Waals surface area contributed by atoms with Gasteiger partial charge in [0.15, 0.2) is 0 Å². The average molecular weight is 391 g/mol. The SMILES string of the molecule is Cc1cc(CC(C#N)=CN2CCOCC2)cc(OCCCc2ccccc2)c1C. The Morgan fingerprint density at radius 3 is 2.62 bits per heavy atom. The molecule has 4 heteroatoms. The maximum Gasteiger partial charge on any atom is 0.122 e. The van der Waals surface area contributed by atoms with Crippen molar-refractivity contribution in [1.82, 2.24) is 4.90 Å². The summed E-state index contributed by atoms with van der Waals surface area (Å²) in [4.78, 5) is 2.17. The van der Waals surface area contributed by atoms with Crippen LogP contribution in [0.15, 0.2) is 54.2 Å². The summed E-state index contributed by atoms with van der Waals surface area (Å²) in [6, 6.07) is 17.1. The zero-order valence-corrected chi connectivity index (χ0v) is 17.5. The van der Waals surface area contributed by atoms with Gasteiger partial charge in [0.2, 0.25) is 0 Å².